The second-order valence-electron chi connectivity index (χ2n) is 0.588. The van der Waals surface area contributed by atoms with Crippen LogP contribution in [0.5, 0.6) is 0 Å². The lowest BCUT2D eigenvalue weighted by molar-refractivity contribution is 0.593. The molecule has 0 heterocycles. The van der Waals surface area contributed by atoms with Crippen molar-refractivity contribution in [1.29, 1.82) is 0 Å². The zero-order valence-electron chi connectivity index (χ0n) is 2.80. The van der Waals surface area contributed by atoms with E-state index in [9.17, 15) is 9.13 Å². The summed E-state index contributed by atoms with van der Waals surface area (Å²) < 4.78 is 19.2. The van der Waals surface area contributed by atoms with E-state index >= 15 is 0 Å². The summed E-state index contributed by atoms with van der Waals surface area (Å²) in [7, 11) is -1.84. The predicted octanol–water partition coefficient (Wildman–Crippen LogP) is 2.22. The summed E-state index contributed by atoms with van der Waals surface area (Å²) in [6.45, 7) is 0. The van der Waals surface area contributed by atoms with Gasteiger partial charge in [-0.15, -0.1) is 0 Å². The van der Waals surface area contributed by atoms with E-state index in [0.29, 0.717) is 0 Å². The van der Waals surface area contributed by atoms with E-state index in [1.807, 2.05) is 0 Å². The molecule has 1 atom stereocenters. The summed E-state index contributed by atoms with van der Waals surface area (Å²) in [6.07, 6.45) is 0. The van der Waals surface area contributed by atoms with E-state index in [-0.39, 0.29) is 14.4 Å². The molecule has 0 amide bonds. The summed E-state index contributed by atoms with van der Waals surface area (Å²) in [5, 5.41) is 0. The van der Waals surface area contributed by atoms with Crippen molar-refractivity contribution in [2.75, 3.05) is 5.90 Å². The Morgan fingerprint density at radius 3 is 2.33 bits per heavy atom. The van der Waals surface area contributed by atoms with Gasteiger partial charge in [0.15, 0.2) is 0 Å². The van der Waals surface area contributed by atoms with Crippen molar-refractivity contribution in [2.45, 2.75) is 0 Å². The summed E-state index contributed by atoms with van der Waals surface area (Å²) in [5.41, 5.74) is 0. The lowest BCUT2D eigenvalue weighted by atomic mass is 11.9. The molecule has 0 aliphatic carbocycles. The van der Waals surface area contributed by atoms with Gasteiger partial charge < -0.3 is 0 Å². The maximum atomic E-state index is 9.75. The first kappa shape index (κ1) is 6.49. The standard InChI is InChI=1S/CH2ClO2P2/c2-6(4)1-5-3/h1H2/q+1. The Kier molecular flexibility index (Phi) is 3.97. The molecule has 0 fully saturated rings. The Labute approximate surface area is 42.7 Å². The van der Waals surface area contributed by atoms with Gasteiger partial charge in [-0.05, 0) is 0 Å². The molecule has 0 aliphatic rings. The van der Waals surface area contributed by atoms with E-state index in [2.05, 4.69) is 0 Å². The molecule has 5 heteroatoms. The molecule has 0 N–H and O–H groups in total. The van der Waals surface area contributed by atoms with Crippen molar-refractivity contribution in [3.8, 4) is 0 Å². The second kappa shape index (κ2) is 3.67. The lowest BCUT2D eigenvalue weighted by Crippen LogP contribution is -1.43. The van der Waals surface area contributed by atoms with Gasteiger partial charge in [0.05, 0.1) is 0 Å². The van der Waals surface area contributed by atoms with Crippen molar-refractivity contribution in [3.63, 3.8) is 0 Å². The molecule has 0 aromatic carbocycles. The van der Waals surface area contributed by atoms with Crippen LogP contribution < -0.4 is 0 Å². The molecule has 0 aromatic rings. The van der Waals surface area contributed by atoms with Crippen LogP contribution in [0.4, 0.5) is 0 Å². The molecule has 0 aliphatic heterocycles. The highest BCUT2D eigenvalue weighted by atomic mass is 35.7. The fourth-order valence-corrected chi connectivity index (χ4v) is 0.801. The van der Waals surface area contributed by atoms with Crippen LogP contribution in [-0.2, 0) is 9.13 Å². The molecule has 0 rings (SSSR count). The first-order valence-electron chi connectivity index (χ1n) is 1.17. The zero-order valence-corrected chi connectivity index (χ0v) is 5.34. The number of hydrogen-bond donors (Lipinski definition) is 0. The number of rotatable bonds is 2. The van der Waals surface area contributed by atoms with Crippen molar-refractivity contribution in [1.82, 2.24) is 0 Å². The topological polar surface area (TPSA) is 34.1 Å². The first-order valence-corrected chi connectivity index (χ1v) is 4.51. The highest BCUT2D eigenvalue weighted by Gasteiger charge is 2.07. The van der Waals surface area contributed by atoms with Crippen LogP contribution in [0.2, 0.25) is 0 Å². The average molecular weight is 143 g/mol. The Morgan fingerprint density at radius 2 is 2.33 bits per heavy atom. The Hall–Kier alpha value is 0.490. The number of halogens is 1. The Morgan fingerprint density at radius 1 is 1.83 bits per heavy atom. The van der Waals surface area contributed by atoms with E-state index in [4.69, 9.17) is 11.2 Å². The SMILES string of the molecule is O=PC[P+](=O)Cl. The molecular formula is CH2ClO2P2+. The maximum Gasteiger partial charge on any atom is 0.467 e. The van der Waals surface area contributed by atoms with E-state index in [1.54, 1.807) is 0 Å². The van der Waals surface area contributed by atoms with Crippen LogP contribution in [0.1, 0.15) is 0 Å². The fraction of sp³-hybridized carbons (Fsp3) is 1.00. The molecule has 0 saturated heterocycles. The van der Waals surface area contributed by atoms with E-state index in [1.165, 1.54) is 0 Å². The third-order valence-electron chi connectivity index (χ3n) is 0.169. The van der Waals surface area contributed by atoms with Crippen LogP contribution >= 0.6 is 26.9 Å². The second-order valence-corrected chi connectivity index (χ2v) is 3.74. The van der Waals surface area contributed by atoms with Gasteiger partial charge in [-0.25, -0.2) is 0 Å². The minimum Gasteiger partial charge on any atom is -0.270 e. The van der Waals surface area contributed by atoms with Gasteiger partial charge in [-0.2, -0.15) is 0 Å². The smallest absolute Gasteiger partial charge is 0.270 e. The van der Waals surface area contributed by atoms with Gasteiger partial charge in [0.2, 0.25) is 25.6 Å². The van der Waals surface area contributed by atoms with Gasteiger partial charge in [0.1, 0.15) is 0 Å². The molecule has 0 radical (unpaired) electrons. The Balaban J connectivity index is 3.05. The summed E-state index contributed by atoms with van der Waals surface area (Å²) >= 11 is 4.88. The van der Waals surface area contributed by atoms with Gasteiger partial charge in [0.25, 0.3) is 0 Å². The normalized spacial score (nSPS) is 11.8. The van der Waals surface area contributed by atoms with Crippen molar-refractivity contribution < 1.29 is 9.13 Å². The molecule has 1 unspecified atom stereocenters. The quantitative estimate of drug-likeness (QED) is 0.556. The van der Waals surface area contributed by atoms with Crippen LogP contribution in [-0.4, -0.2) is 5.90 Å². The van der Waals surface area contributed by atoms with Crippen LogP contribution in [0.15, 0.2) is 0 Å². The van der Waals surface area contributed by atoms with Crippen LogP contribution in [0, 0.1) is 0 Å². The van der Waals surface area contributed by atoms with E-state index < -0.39 is 7.15 Å². The van der Waals surface area contributed by atoms with Crippen LogP contribution in [0.3, 0.4) is 0 Å². The fourth-order valence-electron chi connectivity index (χ4n) is 0.0454. The van der Waals surface area contributed by atoms with Crippen molar-refractivity contribution in [3.05, 3.63) is 0 Å². The average Bonchev–Trinajstić information content (AvgIpc) is 1.35. The van der Waals surface area contributed by atoms with Crippen LogP contribution in [0.25, 0.3) is 0 Å². The first-order chi connectivity index (χ1) is 2.77. The third-order valence-corrected chi connectivity index (χ3v) is 2.48. The molecule has 0 bridgehead atoms. The summed E-state index contributed by atoms with van der Waals surface area (Å²) in [5.74, 6) is 0.0664. The highest BCUT2D eigenvalue weighted by molar-refractivity contribution is 7.78. The van der Waals surface area contributed by atoms with Gasteiger partial charge >= 0.3 is 7.15 Å². The molecular weight excluding hydrogens is 141 g/mol. The largest absolute Gasteiger partial charge is 0.467 e. The molecule has 0 spiro atoms. The predicted molar refractivity (Wildman–Crippen MR) is 25.9 cm³/mol. The molecule has 6 heavy (non-hydrogen) atoms. The monoisotopic (exact) mass is 143 g/mol. The van der Waals surface area contributed by atoms with E-state index in [0.717, 1.165) is 0 Å². The third kappa shape index (κ3) is 4.49. The highest BCUT2D eigenvalue weighted by Crippen LogP contribution is 2.29. The van der Waals surface area contributed by atoms with Gasteiger partial charge in [-0.1, -0.05) is 4.57 Å². The summed E-state index contributed by atoms with van der Waals surface area (Å²) in [6, 6.07) is 0. The lowest BCUT2D eigenvalue weighted by Gasteiger charge is -1.50. The van der Waals surface area contributed by atoms with Gasteiger partial charge in [-0.3, -0.25) is 4.57 Å². The van der Waals surface area contributed by atoms with Crippen molar-refractivity contribution >= 4 is 26.9 Å². The molecule has 0 saturated carbocycles. The minimum absolute atomic E-state index is 0.0664. The van der Waals surface area contributed by atoms with Gasteiger partial charge in [0, 0.05) is 0 Å². The maximum absolute atomic E-state index is 9.75. The zero-order chi connectivity index (χ0) is 4.99. The minimum atomic E-state index is -1.70. The number of hydrogen-bond acceptors (Lipinski definition) is 2. The molecule has 34 valence electrons. The summed E-state index contributed by atoms with van der Waals surface area (Å²) in [4.78, 5) is 0. The Bertz CT molecular complexity index is 71.9. The van der Waals surface area contributed by atoms with Crippen molar-refractivity contribution in [2.24, 2.45) is 0 Å². The molecule has 0 aromatic heterocycles. The molecule has 2 nitrogen and oxygen atoms in total.